The molecule has 3 heteroatoms. The van der Waals surface area contributed by atoms with E-state index in [0.29, 0.717) is 12.5 Å². The van der Waals surface area contributed by atoms with Crippen LogP contribution in [0.25, 0.3) is 0 Å². The smallest absolute Gasteiger partial charge is 0.302 e. The maximum absolute atomic E-state index is 10.5. The molecule has 0 saturated heterocycles. The first-order valence-corrected chi connectivity index (χ1v) is 4.77. The van der Waals surface area contributed by atoms with Crippen molar-refractivity contribution < 1.29 is 14.3 Å². The zero-order valence-electron chi connectivity index (χ0n) is 9.00. The number of carbonyl (C=O) groups is 1. The van der Waals surface area contributed by atoms with Gasteiger partial charge in [-0.1, -0.05) is 13.8 Å². The van der Waals surface area contributed by atoms with Crippen LogP contribution in [-0.2, 0) is 14.3 Å². The summed E-state index contributed by atoms with van der Waals surface area (Å²) in [5.41, 5.74) is 0. The highest BCUT2D eigenvalue weighted by Crippen LogP contribution is 2.00. The molecule has 0 aliphatic rings. The third-order valence-electron chi connectivity index (χ3n) is 1.56. The Morgan fingerprint density at radius 1 is 1.31 bits per heavy atom. The minimum Gasteiger partial charge on any atom is -0.460 e. The number of hydrogen-bond acceptors (Lipinski definition) is 3. The summed E-state index contributed by atoms with van der Waals surface area (Å²) in [6.45, 7) is 8.77. The molecule has 0 aromatic heterocycles. The summed E-state index contributed by atoms with van der Waals surface area (Å²) < 4.78 is 10.2. The predicted molar refractivity (Wildman–Crippen MR) is 51.5 cm³/mol. The van der Waals surface area contributed by atoms with Crippen LogP contribution in [0.5, 0.6) is 0 Å². The highest BCUT2D eigenvalue weighted by Gasteiger charge is 2.04. The molecule has 0 aromatic carbocycles. The summed E-state index contributed by atoms with van der Waals surface area (Å²) in [6.07, 6.45) is 0.914. The minimum absolute atomic E-state index is 0.135. The molecule has 1 unspecified atom stereocenters. The lowest BCUT2D eigenvalue weighted by Crippen LogP contribution is -2.19. The number of esters is 1. The largest absolute Gasteiger partial charge is 0.460 e. The van der Waals surface area contributed by atoms with Gasteiger partial charge in [0.05, 0.1) is 6.61 Å². The normalized spacial score (nSPS) is 13.0. The van der Waals surface area contributed by atoms with Gasteiger partial charge in [-0.05, 0) is 19.3 Å². The summed E-state index contributed by atoms with van der Waals surface area (Å²) in [5, 5.41) is 0. The average molecular weight is 188 g/mol. The van der Waals surface area contributed by atoms with Gasteiger partial charge in [0, 0.05) is 13.5 Å². The van der Waals surface area contributed by atoms with Gasteiger partial charge in [-0.3, -0.25) is 4.79 Å². The van der Waals surface area contributed by atoms with E-state index in [4.69, 9.17) is 9.47 Å². The highest BCUT2D eigenvalue weighted by molar-refractivity contribution is 5.66. The Morgan fingerprint density at radius 3 is 2.38 bits per heavy atom. The van der Waals surface area contributed by atoms with Gasteiger partial charge in [-0.15, -0.1) is 0 Å². The quantitative estimate of drug-likeness (QED) is 0.472. The summed E-state index contributed by atoms with van der Waals surface area (Å²) >= 11 is 0. The van der Waals surface area contributed by atoms with Gasteiger partial charge < -0.3 is 9.47 Å². The average Bonchev–Trinajstić information content (AvgIpc) is 1.96. The molecule has 1 atom stereocenters. The van der Waals surface area contributed by atoms with Crippen LogP contribution in [0, 0.1) is 5.92 Å². The molecule has 0 aliphatic heterocycles. The van der Waals surface area contributed by atoms with E-state index < -0.39 is 0 Å². The van der Waals surface area contributed by atoms with Gasteiger partial charge in [-0.2, -0.15) is 0 Å². The molecule has 0 bridgehead atoms. The predicted octanol–water partition coefficient (Wildman–Crippen LogP) is 2.00. The molecular formula is C10H20O3. The van der Waals surface area contributed by atoms with Gasteiger partial charge >= 0.3 is 5.97 Å². The first-order chi connectivity index (χ1) is 6.02. The fourth-order valence-corrected chi connectivity index (χ4v) is 0.886. The van der Waals surface area contributed by atoms with Gasteiger partial charge in [0.15, 0.2) is 0 Å². The molecule has 0 aliphatic carbocycles. The highest BCUT2D eigenvalue weighted by atomic mass is 16.6. The first-order valence-electron chi connectivity index (χ1n) is 4.77. The van der Waals surface area contributed by atoms with Crippen LogP contribution in [0.15, 0.2) is 0 Å². The van der Waals surface area contributed by atoms with Crippen molar-refractivity contribution in [3.63, 3.8) is 0 Å². The third-order valence-corrected chi connectivity index (χ3v) is 1.56. The Hall–Kier alpha value is -0.570. The van der Waals surface area contributed by atoms with Crippen molar-refractivity contribution in [2.24, 2.45) is 5.92 Å². The Labute approximate surface area is 80.4 Å². The van der Waals surface area contributed by atoms with E-state index in [1.165, 1.54) is 6.92 Å². The molecule has 0 spiro atoms. The molecule has 0 N–H and O–H groups in total. The minimum atomic E-state index is -0.250. The lowest BCUT2D eigenvalue weighted by Gasteiger charge is -2.12. The summed E-state index contributed by atoms with van der Waals surface area (Å²) in [5.74, 6) is 0.406. The van der Waals surface area contributed by atoms with Gasteiger partial charge in [0.1, 0.15) is 6.10 Å². The molecule has 0 rings (SSSR count). The van der Waals surface area contributed by atoms with Crippen LogP contribution in [0.3, 0.4) is 0 Å². The molecule has 0 radical (unpaired) electrons. The lowest BCUT2D eigenvalue weighted by atomic mass is 10.1. The van der Waals surface area contributed by atoms with Crippen LogP contribution < -0.4 is 0 Å². The van der Waals surface area contributed by atoms with Crippen LogP contribution in [0.4, 0.5) is 0 Å². The van der Waals surface area contributed by atoms with E-state index in [0.717, 1.165) is 13.0 Å². The standard InChI is InChI=1S/C10H20O3/c1-8(2)5-6-12-7-9(3)13-10(4)11/h8-9H,5-7H2,1-4H3. The molecule has 0 fully saturated rings. The van der Waals surface area contributed by atoms with E-state index in [9.17, 15) is 4.79 Å². The van der Waals surface area contributed by atoms with Crippen LogP contribution in [-0.4, -0.2) is 25.3 Å². The topological polar surface area (TPSA) is 35.5 Å². The molecule has 78 valence electrons. The summed E-state index contributed by atoms with van der Waals surface area (Å²) in [4.78, 5) is 10.5. The van der Waals surface area contributed by atoms with Gasteiger partial charge in [0.2, 0.25) is 0 Å². The van der Waals surface area contributed by atoms with Crippen molar-refractivity contribution in [3.05, 3.63) is 0 Å². The second-order valence-electron chi connectivity index (χ2n) is 3.68. The summed E-state index contributed by atoms with van der Waals surface area (Å²) in [6, 6.07) is 0. The molecule has 3 nitrogen and oxygen atoms in total. The molecule has 13 heavy (non-hydrogen) atoms. The fraction of sp³-hybridized carbons (Fsp3) is 0.900. The summed E-state index contributed by atoms with van der Waals surface area (Å²) in [7, 11) is 0. The van der Waals surface area contributed by atoms with E-state index in [2.05, 4.69) is 13.8 Å². The van der Waals surface area contributed by atoms with E-state index >= 15 is 0 Å². The fourth-order valence-electron chi connectivity index (χ4n) is 0.886. The van der Waals surface area contributed by atoms with Gasteiger partial charge in [0.25, 0.3) is 0 Å². The number of carbonyl (C=O) groups excluding carboxylic acids is 1. The molecular weight excluding hydrogens is 168 g/mol. The zero-order valence-corrected chi connectivity index (χ0v) is 9.00. The monoisotopic (exact) mass is 188 g/mol. The van der Waals surface area contributed by atoms with Crippen molar-refractivity contribution in [2.75, 3.05) is 13.2 Å². The Bertz CT molecular complexity index is 143. The van der Waals surface area contributed by atoms with Crippen LogP contribution in [0.1, 0.15) is 34.1 Å². The Balaban J connectivity index is 3.26. The van der Waals surface area contributed by atoms with E-state index in [-0.39, 0.29) is 12.1 Å². The SMILES string of the molecule is CC(=O)OC(C)COCCC(C)C. The van der Waals surface area contributed by atoms with Crippen molar-refractivity contribution in [1.82, 2.24) is 0 Å². The van der Waals surface area contributed by atoms with Gasteiger partial charge in [-0.25, -0.2) is 0 Å². The maximum Gasteiger partial charge on any atom is 0.302 e. The molecule has 0 heterocycles. The number of hydrogen-bond donors (Lipinski definition) is 0. The van der Waals surface area contributed by atoms with E-state index in [1.54, 1.807) is 0 Å². The second-order valence-corrected chi connectivity index (χ2v) is 3.68. The van der Waals surface area contributed by atoms with Crippen molar-refractivity contribution in [3.8, 4) is 0 Å². The Kier molecular flexibility index (Phi) is 6.59. The lowest BCUT2D eigenvalue weighted by molar-refractivity contribution is -0.148. The van der Waals surface area contributed by atoms with E-state index in [1.807, 2.05) is 6.92 Å². The molecule has 0 aromatic rings. The van der Waals surface area contributed by atoms with Crippen LogP contribution in [0.2, 0.25) is 0 Å². The second kappa shape index (κ2) is 6.89. The molecule has 0 amide bonds. The third kappa shape index (κ3) is 9.34. The van der Waals surface area contributed by atoms with Crippen molar-refractivity contribution in [1.29, 1.82) is 0 Å². The number of ether oxygens (including phenoxy) is 2. The number of rotatable bonds is 6. The van der Waals surface area contributed by atoms with Crippen molar-refractivity contribution >= 4 is 5.97 Å². The zero-order chi connectivity index (χ0) is 10.3. The first kappa shape index (κ1) is 12.4. The maximum atomic E-state index is 10.5. The molecule has 0 saturated carbocycles. The Morgan fingerprint density at radius 2 is 1.92 bits per heavy atom. The van der Waals surface area contributed by atoms with Crippen LogP contribution >= 0.6 is 0 Å². The van der Waals surface area contributed by atoms with Crippen molar-refractivity contribution in [2.45, 2.75) is 40.2 Å².